The van der Waals surface area contributed by atoms with Gasteiger partial charge in [0, 0.05) is 12.1 Å². The largest absolute Gasteiger partial charge is 0.508 e. The first-order valence-electron chi connectivity index (χ1n) is 6.52. The average Bonchev–Trinajstić information content (AvgIpc) is 3.02. The van der Waals surface area contributed by atoms with E-state index in [4.69, 9.17) is 4.74 Å². The molecule has 2 N–H and O–H groups in total. The summed E-state index contributed by atoms with van der Waals surface area (Å²) in [5, 5.41) is 17.1. The molecular weight excluding hydrogens is 242 g/mol. The molecule has 100 valence electrons. The number of ether oxygens (including phenoxy) is 1. The predicted molar refractivity (Wildman–Crippen MR) is 71.4 cm³/mol. The minimum Gasteiger partial charge on any atom is -0.508 e. The van der Waals surface area contributed by atoms with E-state index in [-0.39, 0.29) is 5.75 Å². The Morgan fingerprint density at radius 3 is 3.16 bits per heavy atom. The Hall–Kier alpha value is -2.01. The van der Waals surface area contributed by atoms with Gasteiger partial charge < -0.3 is 15.2 Å². The smallest absolute Gasteiger partial charge is 0.165 e. The summed E-state index contributed by atoms with van der Waals surface area (Å²) in [7, 11) is 0. The van der Waals surface area contributed by atoms with Crippen molar-refractivity contribution < 1.29 is 9.84 Å². The molecule has 0 radical (unpaired) electrons. The van der Waals surface area contributed by atoms with Crippen molar-refractivity contribution in [1.82, 2.24) is 15.1 Å². The summed E-state index contributed by atoms with van der Waals surface area (Å²) in [4.78, 5) is 0. The molecule has 1 aromatic carbocycles. The van der Waals surface area contributed by atoms with Crippen LogP contribution in [0.5, 0.6) is 17.2 Å². The number of rotatable bonds is 4. The van der Waals surface area contributed by atoms with E-state index in [1.54, 1.807) is 30.5 Å². The second kappa shape index (κ2) is 5.32. The van der Waals surface area contributed by atoms with Crippen LogP contribution in [0.25, 0.3) is 0 Å². The van der Waals surface area contributed by atoms with Crippen molar-refractivity contribution >= 4 is 0 Å². The van der Waals surface area contributed by atoms with Crippen LogP contribution < -0.4 is 10.1 Å². The summed E-state index contributed by atoms with van der Waals surface area (Å²) >= 11 is 0. The molecule has 0 aliphatic carbocycles. The molecule has 1 fully saturated rings. The fourth-order valence-corrected chi connectivity index (χ4v) is 2.32. The molecule has 3 rings (SSSR count). The van der Waals surface area contributed by atoms with E-state index in [2.05, 4.69) is 10.4 Å². The first kappa shape index (κ1) is 12.0. The molecule has 5 heteroatoms. The van der Waals surface area contributed by atoms with Crippen LogP contribution in [0.1, 0.15) is 12.8 Å². The minimum atomic E-state index is 0.194. The van der Waals surface area contributed by atoms with Crippen molar-refractivity contribution in [2.75, 3.05) is 6.54 Å². The van der Waals surface area contributed by atoms with Gasteiger partial charge in [-0.1, -0.05) is 6.07 Å². The van der Waals surface area contributed by atoms with Crippen LogP contribution in [0.15, 0.2) is 36.7 Å². The van der Waals surface area contributed by atoms with Gasteiger partial charge in [0.1, 0.15) is 11.5 Å². The summed E-state index contributed by atoms with van der Waals surface area (Å²) in [6.07, 6.45) is 6.00. The van der Waals surface area contributed by atoms with Crippen molar-refractivity contribution in [3.8, 4) is 17.2 Å². The quantitative estimate of drug-likeness (QED) is 0.883. The van der Waals surface area contributed by atoms with E-state index < -0.39 is 0 Å². The van der Waals surface area contributed by atoms with Crippen LogP contribution in [-0.4, -0.2) is 27.5 Å². The molecular formula is C14H17N3O2. The Labute approximate surface area is 111 Å². The number of aromatic hydroxyl groups is 1. The predicted octanol–water partition coefficient (Wildman–Crippen LogP) is 2.13. The van der Waals surface area contributed by atoms with Gasteiger partial charge in [-0.05, 0) is 31.5 Å². The van der Waals surface area contributed by atoms with Crippen molar-refractivity contribution in [2.45, 2.75) is 25.4 Å². The highest BCUT2D eigenvalue weighted by Gasteiger charge is 2.15. The molecule has 1 atom stereocenters. The van der Waals surface area contributed by atoms with Crippen LogP contribution in [0, 0.1) is 0 Å². The Kier molecular flexibility index (Phi) is 3.37. The van der Waals surface area contributed by atoms with Crippen molar-refractivity contribution in [1.29, 1.82) is 0 Å². The van der Waals surface area contributed by atoms with Crippen LogP contribution in [0.3, 0.4) is 0 Å². The maximum Gasteiger partial charge on any atom is 0.165 e. The van der Waals surface area contributed by atoms with Gasteiger partial charge in [0.15, 0.2) is 5.75 Å². The van der Waals surface area contributed by atoms with E-state index in [0.29, 0.717) is 17.5 Å². The molecule has 5 nitrogen and oxygen atoms in total. The van der Waals surface area contributed by atoms with Crippen molar-refractivity contribution in [3.63, 3.8) is 0 Å². The van der Waals surface area contributed by atoms with Crippen LogP contribution in [-0.2, 0) is 6.54 Å². The minimum absolute atomic E-state index is 0.194. The zero-order valence-electron chi connectivity index (χ0n) is 10.6. The summed E-state index contributed by atoms with van der Waals surface area (Å²) in [5.41, 5.74) is 0. The summed E-state index contributed by atoms with van der Waals surface area (Å²) in [6.45, 7) is 1.96. The Bertz CT molecular complexity index is 547. The molecule has 2 heterocycles. The Balaban J connectivity index is 1.64. The molecule has 1 saturated heterocycles. The lowest BCUT2D eigenvalue weighted by Crippen LogP contribution is -2.26. The Morgan fingerprint density at radius 2 is 2.37 bits per heavy atom. The third-order valence-electron chi connectivity index (χ3n) is 3.23. The van der Waals surface area contributed by atoms with Crippen LogP contribution in [0.4, 0.5) is 0 Å². The maximum atomic E-state index is 9.38. The van der Waals surface area contributed by atoms with Crippen molar-refractivity contribution in [3.05, 3.63) is 36.7 Å². The van der Waals surface area contributed by atoms with Gasteiger partial charge >= 0.3 is 0 Å². The SMILES string of the molecule is Oc1cccc(Oc2cnn(CC3CCCN3)c2)c1. The van der Waals surface area contributed by atoms with E-state index in [9.17, 15) is 5.11 Å². The number of hydrogen-bond acceptors (Lipinski definition) is 4. The summed E-state index contributed by atoms with van der Waals surface area (Å²) in [5.74, 6) is 1.49. The zero-order chi connectivity index (χ0) is 13.1. The molecule has 0 saturated carbocycles. The highest BCUT2D eigenvalue weighted by Crippen LogP contribution is 2.24. The summed E-state index contributed by atoms with van der Waals surface area (Å²) < 4.78 is 7.53. The fraction of sp³-hybridized carbons (Fsp3) is 0.357. The normalized spacial score (nSPS) is 18.6. The third kappa shape index (κ3) is 3.06. The second-order valence-corrected chi connectivity index (χ2v) is 4.79. The van der Waals surface area contributed by atoms with Gasteiger partial charge in [0.2, 0.25) is 0 Å². The summed E-state index contributed by atoms with van der Waals surface area (Å²) in [6, 6.07) is 7.25. The second-order valence-electron chi connectivity index (χ2n) is 4.79. The van der Waals surface area contributed by atoms with E-state index in [0.717, 1.165) is 13.1 Å². The molecule has 1 aromatic heterocycles. The standard InChI is InChI=1S/C14H17N3O2/c18-12-4-1-5-13(7-12)19-14-8-16-17(10-14)9-11-3-2-6-15-11/h1,4-5,7-8,10-11,15,18H,2-3,6,9H2. The van der Waals surface area contributed by atoms with Gasteiger partial charge in [0.25, 0.3) is 0 Å². The fourth-order valence-electron chi connectivity index (χ4n) is 2.32. The molecule has 1 unspecified atom stereocenters. The van der Waals surface area contributed by atoms with Gasteiger partial charge in [-0.25, -0.2) is 0 Å². The van der Waals surface area contributed by atoms with E-state index in [1.165, 1.54) is 12.8 Å². The molecule has 0 amide bonds. The number of benzene rings is 1. The highest BCUT2D eigenvalue weighted by atomic mass is 16.5. The Morgan fingerprint density at radius 1 is 1.42 bits per heavy atom. The van der Waals surface area contributed by atoms with Gasteiger partial charge in [-0.15, -0.1) is 0 Å². The molecule has 2 aromatic rings. The molecule has 19 heavy (non-hydrogen) atoms. The average molecular weight is 259 g/mol. The van der Waals surface area contributed by atoms with Gasteiger partial charge in [0.05, 0.1) is 18.9 Å². The number of phenols is 1. The van der Waals surface area contributed by atoms with Crippen molar-refractivity contribution in [2.24, 2.45) is 0 Å². The lowest BCUT2D eigenvalue weighted by molar-refractivity contribution is 0.451. The topological polar surface area (TPSA) is 59.3 Å². The molecule has 0 bridgehead atoms. The van der Waals surface area contributed by atoms with Gasteiger partial charge in [-0.2, -0.15) is 5.10 Å². The number of phenolic OH excluding ortho intramolecular Hbond substituents is 1. The van der Waals surface area contributed by atoms with E-state index in [1.807, 2.05) is 10.9 Å². The number of hydrogen-bond donors (Lipinski definition) is 2. The zero-order valence-corrected chi connectivity index (χ0v) is 10.6. The number of nitrogens with zero attached hydrogens (tertiary/aromatic N) is 2. The number of aromatic nitrogens is 2. The maximum absolute atomic E-state index is 9.38. The first-order chi connectivity index (χ1) is 9.29. The highest BCUT2D eigenvalue weighted by molar-refractivity contribution is 5.34. The molecule has 1 aliphatic heterocycles. The lowest BCUT2D eigenvalue weighted by Gasteiger charge is -2.09. The molecule has 1 aliphatic rings. The lowest BCUT2D eigenvalue weighted by atomic mass is 10.2. The van der Waals surface area contributed by atoms with Crippen LogP contribution in [0.2, 0.25) is 0 Å². The number of nitrogens with one attached hydrogen (secondary N) is 1. The van der Waals surface area contributed by atoms with E-state index >= 15 is 0 Å². The first-order valence-corrected chi connectivity index (χ1v) is 6.52. The van der Waals surface area contributed by atoms with Gasteiger partial charge in [-0.3, -0.25) is 4.68 Å². The molecule has 0 spiro atoms. The van der Waals surface area contributed by atoms with Crippen LogP contribution >= 0.6 is 0 Å². The third-order valence-corrected chi connectivity index (χ3v) is 3.23. The monoisotopic (exact) mass is 259 g/mol.